The highest BCUT2D eigenvalue weighted by atomic mass is 16.8. The third-order valence-corrected chi connectivity index (χ3v) is 10.0. The van der Waals surface area contributed by atoms with Crippen molar-refractivity contribution in [3.63, 3.8) is 0 Å². The van der Waals surface area contributed by atoms with E-state index in [-0.39, 0.29) is 5.57 Å². The van der Waals surface area contributed by atoms with Gasteiger partial charge in [0.05, 0.1) is 31.3 Å². The number of esters is 1. The van der Waals surface area contributed by atoms with Crippen molar-refractivity contribution in [1.29, 1.82) is 0 Å². The van der Waals surface area contributed by atoms with Crippen LogP contribution in [0.1, 0.15) is 84.5 Å². The van der Waals surface area contributed by atoms with E-state index in [2.05, 4.69) is 6.92 Å². The summed E-state index contributed by atoms with van der Waals surface area (Å²) in [6.45, 7) is 1.10. The summed E-state index contributed by atoms with van der Waals surface area (Å²) in [5, 5.41) is 83.6. The Hall–Kier alpha value is -1.43. The summed E-state index contributed by atoms with van der Waals surface area (Å²) >= 11 is 0. The quantitative estimate of drug-likeness (QED) is 0.0346. The Bertz CT molecular complexity index is 1090. The number of unbranched alkanes of at least 4 members (excludes halogenated alkanes) is 10. The lowest BCUT2D eigenvalue weighted by Gasteiger charge is -2.50. The van der Waals surface area contributed by atoms with Crippen molar-refractivity contribution >= 4 is 5.97 Å². The highest BCUT2D eigenvalue weighted by Crippen LogP contribution is 2.35. The number of hydrogen-bond acceptors (Lipinski definition) is 18. The molecule has 0 aliphatic carbocycles. The summed E-state index contributed by atoms with van der Waals surface area (Å²) in [5.74, 6) is -3.47. The number of carbonyl (C=O) groups excluding carboxylic acids is 1. The molecule has 15 atom stereocenters. The average molecular weight is 754 g/mol. The molecule has 0 aromatic carbocycles. The van der Waals surface area contributed by atoms with E-state index in [0.29, 0.717) is 6.42 Å². The average Bonchev–Trinajstić information content (AvgIpc) is 3.14. The molecule has 3 fully saturated rings. The summed E-state index contributed by atoms with van der Waals surface area (Å²) in [7, 11) is 0. The number of carbonyl (C=O) groups is 1. The summed E-state index contributed by atoms with van der Waals surface area (Å²) in [4.78, 5) is 13.1. The van der Waals surface area contributed by atoms with Crippen molar-refractivity contribution in [1.82, 2.24) is 0 Å². The molecule has 52 heavy (non-hydrogen) atoms. The van der Waals surface area contributed by atoms with E-state index in [0.717, 1.165) is 25.7 Å². The highest BCUT2D eigenvalue weighted by Gasteiger charge is 2.58. The van der Waals surface area contributed by atoms with Crippen LogP contribution in [0.3, 0.4) is 0 Å². The van der Waals surface area contributed by atoms with Gasteiger partial charge in [0.2, 0.25) is 0 Å². The predicted octanol–water partition coefficient (Wildman–Crippen LogP) is -2.55. The van der Waals surface area contributed by atoms with Gasteiger partial charge >= 0.3 is 5.97 Å². The van der Waals surface area contributed by atoms with Crippen LogP contribution in [0.15, 0.2) is 11.6 Å². The van der Waals surface area contributed by atoms with Gasteiger partial charge in [-0.1, -0.05) is 70.8 Å². The van der Waals surface area contributed by atoms with E-state index in [4.69, 9.17) is 45.6 Å². The Labute approximate surface area is 304 Å². The molecule has 2 unspecified atom stereocenters. The van der Waals surface area contributed by atoms with Gasteiger partial charge in [-0.25, -0.2) is 4.79 Å². The Kier molecular flexibility index (Phi) is 18.7. The molecule has 3 saturated heterocycles. The number of nitrogens with two attached hydrogens (primary N) is 3. The molecule has 0 aromatic heterocycles. The van der Waals surface area contributed by atoms with E-state index >= 15 is 0 Å². The zero-order valence-corrected chi connectivity index (χ0v) is 30.2. The van der Waals surface area contributed by atoms with Gasteiger partial charge in [-0.15, -0.1) is 0 Å². The van der Waals surface area contributed by atoms with Gasteiger partial charge in [0, 0.05) is 5.57 Å². The van der Waals surface area contributed by atoms with Crippen LogP contribution in [-0.4, -0.2) is 158 Å². The van der Waals surface area contributed by atoms with Crippen LogP contribution in [0.4, 0.5) is 0 Å². The second kappa shape index (κ2) is 21.6. The van der Waals surface area contributed by atoms with Gasteiger partial charge in [0.25, 0.3) is 5.79 Å². The molecule has 0 spiro atoms. The fraction of sp³-hybridized carbons (Fsp3) is 0.912. The van der Waals surface area contributed by atoms with Crippen LogP contribution in [0.5, 0.6) is 0 Å². The topological polar surface area (TPSA) is 312 Å². The third kappa shape index (κ3) is 11.3. The van der Waals surface area contributed by atoms with Crippen LogP contribution >= 0.6 is 0 Å². The molecule has 0 saturated carbocycles. The van der Waals surface area contributed by atoms with Crippen molar-refractivity contribution in [3.8, 4) is 0 Å². The van der Waals surface area contributed by atoms with E-state index < -0.39 is 117 Å². The van der Waals surface area contributed by atoms with Crippen LogP contribution in [0.25, 0.3) is 0 Å². The second-order valence-corrected chi connectivity index (χ2v) is 14.0. The minimum absolute atomic E-state index is 0.183. The molecule has 0 radical (unpaired) electrons. The first-order valence-electron chi connectivity index (χ1n) is 18.5. The van der Waals surface area contributed by atoms with Gasteiger partial charge in [-0.2, -0.15) is 0 Å². The van der Waals surface area contributed by atoms with Crippen molar-refractivity contribution < 1.29 is 74.1 Å². The molecule has 3 heterocycles. The first-order chi connectivity index (χ1) is 24.8. The van der Waals surface area contributed by atoms with Crippen LogP contribution in [0, 0.1) is 0 Å². The van der Waals surface area contributed by atoms with Gasteiger partial charge < -0.3 is 86.5 Å². The van der Waals surface area contributed by atoms with Gasteiger partial charge in [-0.3, -0.25) is 0 Å². The summed E-state index contributed by atoms with van der Waals surface area (Å²) < 4.78 is 33.7. The van der Waals surface area contributed by atoms with Crippen LogP contribution in [-0.2, 0) is 33.2 Å². The molecule has 304 valence electrons. The first-order valence-corrected chi connectivity index (χ1v) is 18.5. The normalized spacial score (nSPS) is 40.1. The smallest absolute Gasteiger partial charge is 0.336 e. The molecular weight excluding hydrogens is 690 g/mol. The maximum atomic E-state index is 13.1. The summed E-state index contributed by atoms with van der Waals surface area (Å²) in [5.41, 5.74) is 18.3. The van der Waals surface area contributed by atoms with E-state index in [1.54, 1.807) is 6.08 Å². The van der Waals surface area contributed by atoms with Gasteiger partial charge in [0.1, 0.15) is 55.4 Å². The summed E-state index contributed by atoms with van der Waals surface area (Å²) in [6, 6.07) is -4.29. The zero-order valence-electron chi connectivity index (χ0n) is 30.2. The molecule has 18 heteroatoms. The number of ether oxygens (including phenoxy) is 6. The minimum Gasteiger partial charge on any atom is -0.424 e. The first kappa shape index (κ1) is 45.0. The molecule has 0 aromatic rings. The largest absolute Gasteiger partial charge is 0.424 e. The Morgan fingerprint density at radius 1 is 0.712 bits per heavy atom. The maximum absolute atomic E-state index is 13.1. The minimum atomic E-state index is -2.54. The fourth-order valence-electron chi connectivity index (χ4n) is 6.57. The number of aliphatic hydroxyl groups is 8. The number of allylic oxidation sites excluding steroid dienone is 1. The number of hydrogen-bond donors (Lipinski definition) is 11. The maximum Gasteiger partial charge on any atom is 0.336 e. The van der Waals surface area contributed by atoms with E-state index in [9.17, 15) is 45.6 Å². The number of rotatable bonds is 20. The van der Waals surface area contributed by atoms with Crippen molar-refractivity contribution in [3.05, 3.63) is 11.6 Å². The zero-order chi connectivity index (χ0) is 38.6. The second-order valence-electron chi connectivity index (χ2n) is 14.0. The molecule has 14 N–H and O–H groups in total. The van der Waals surface area contributed by atoms with Gasteiger partial charge in [-0.05, 0) is 19.8 Å². The van der Waals surface area contributed by atoms with E-state index in [1.165, 1.54) is 45.4 Å². The highest BCUT2D eigenvalue weighted by molar-refractivity contribution is 5.88. The predicted molar refractivity (Wildman–Crippen MR) is 182 cm³/mol. The standard InChI is InChI=1S/C34H63N3O15/c1-3-4-5-6-7-8-9-10-11-12-13-14-18(2)30(45)51-34(17-40)29(44)26(43)23(37)33(52-34)50-28-20(16-39)48-32(22(36)25(28)42)49-27-19(15-38)47-31(46)21(35)24(27)41/h14,19-29,31-33,38-44,46H,3-13,15-17,35-37H2,1-2H3/b18-14+/t19-,20-,21-,22-,23-,24-,25-,26-,27?,28?,29+,31-,32+,33+,34+/m1/s1. The molecular formula is C34H63N3O15. The number of aliphatic hydroxyl groups excluding tert-OH is 8. The lowest BCUT2D eigenvalue weighted by molar-refractivity contribution is -0.398. The Morgan fingerprint density at radius 3 is 1.77 bits per heavy atom. The van der Waals surface area contributed by atoms with Crippen molar-refractivity contribution in [2.24, 2.45) is 17.2 Å². The van der Waals surface area contributed by atoms with Gasteiger partial charge in [0.15, 0.2) is 18.9 Å². The Morgan fingerprint density at radius 2 is 1.21 bits per heavy atom. The molecule has 3 aliphatic heterocycles. The SMILES string of the molecule is CCCCCCCCCCCC/C=C(\C)C(=O)O[C@@]1(CO)O[C@H](OC2[C@@H](CO)O[C@@H](OC3[C@@H](CO)O[C@@H](O)[C@H](N)[C@H]3O)[C@H](N)[C@H]2O)[C@H](N)[C@@H](O)[C@@H]1O. The molecule has 0 bridgehead atoms. The summed E-state index contributed by atoms with van der Waals surface area (Å²) in [6.07, 6.45) is -3.69. The van der Waals surface area contributed by atoms with Crippen LogP contribution in [0.2, 0.25) is 0 Å². The molecule has 18 nitrogen and oxygen atoms in total. The molecule has 3 rings (SSSR count). The third-order valence-electron chi connectivity index (χ3n) is 10.0. The van der Waals surface area contributed by atoms with Crippen LogP contribution < -0.4 is 17.2 Å². The fourth-order valence-corrected chi connectivity index (χ4v) is 6.57. The van der Waals surface area contributed by atoms with E-state index in [1.807, 2.05) is 0 Å². The van der Waals surface area contributed by atoms with Crippen molar-refractivity contribution in [2.75, 3.05) is 19.8 Å². The molecule has 0 amide bonds. The molecule has 3 aliphatic rings. The lowest BCUT2D eigenvalue weighted by atomic mass is 9.93. The van der Waals surface area contributed by atoms with Crippen molar-refractivity contribution in [2.45, 2.75) is 176 Å². The Balaban J connectivity index is 1.62. The monoisotopic (exact) mass is 753 g/mol. The lowest BCUT2D eigenvalue weighted by Crippen LogP contribution is -2.72.